The number of carbonyl (C=O) groups is 3. The first-order valence-electron chi connectivity index (χ1n) is 34.2. The van der Waals surface area contributed by atoms with Crippen molar-refractivity contribution >= 4 is 17.9 Å². The molecule has 0 spiro atoms. The van der Waals surface area contributed by atoms with Crippen LogP contribution < -0.4 is 0 Å². The molecule has 6 heteroatoms. The van der Waals surface area contributed by atoms with Crippen LogP contribution in [0.5, 0.6) is 0 Å². The molecule has 0 saturated carbocycles. The molecule has 0 radical (unpaired) electrons. The van der Waals surface area contributed by atoms with Crippen LogP contribution in [0.15, 0.2) is 97.2 Å². The van der Waals surface area contributed by atoms with Gasteiger partial charge >= 0.3 is 17.9 Å². The average Bonchev–Trinajstić information content (AvgIpc) is 3.46. The van der Waals surface area contributed by atoms with Crippen LogP contribution in [0.1, 0.15) is 335 Å². The van der Waals surface area contributed by atoms with Gasteiger partial charge in [0.15, 0.2) is 6.10 Å². The van der Waals surface area contributed by atoms with Crippen molar-refractivity contribution in [2.75, 3.05) is 13.2 Å². The lowest BCUT2D eigenvalue weighted by Crippen LogP contribution is -2.30. The minimum absolute atomic E-state index is 0.0795. The van der Waals surface area contributed by atoms with Crippen LogP contribution in [0.25, 0.3) is 0 Å². The van der Waals surface area contributed by atoms with Crippen LogP contribution in [0.2, 0.25) is 0 Å². The van der Waals surface area contributed by atoms with E-state index in [1.807, 2.05) is 0 Å². The number of hydrogen-bond acceptors (Lipinski definition) is 6. The van der Waals surface area contributed by atoms with Gasteiger partial charge in [-0.3, -0.25) is 14.4 Å². The third kappa shape index (κ3) is 65.1. The second-order valence-electron chi connectivity index (χ2n) is 22.7. The Morgan fingerprint density at radius 1 is 0.263 bits per heavy atom. The highest BCUT2D eigenvalue weighted by Gasteiger charge is 2.19. The maximum Gasteiger partial charge on any atom is 0.306 e. The first-order chi connectivity index (χ1) is 39.5. The zero-order valence-electron chi connectivity index (χ0n) is 52.8. The third-order valence-corrected chi connectivity index (χ3v) is 14.8. The second-order valence-corrected chi connectivity index (χ2v) is 22.7. The average molecular weight is 1110 g/mol. The lowest BCUT2D eigenvalue weighted by atomic mass is 10.0. The van der Waals surface area contributed by atoms with E-state index in [-0.39, 0.29) is 31.1 Å². The normalized spacial score (nSPS) is 12.7. The molecule has 0 aromatic heterocycles. The van der Waals surface area contributed by atoms with E-state index in [0.29, 0.717) is 19.3 Å². The fraction of sp³-hybridized carbons (Fsp3) is 0.743. The summed E-state index contributed by atoms with van der Waals surface area (Å²) in [5.74, 6) is -0.878. The van der Waals surface area contributed by atoms with E-state index in [9.17, 15) is 14.4 Å². The Labute approximate surface area is 496 Å². The van der Waals surface area contributed by atoms with Crippen molar-refractivity contribution in [2.45, 2.75) is 341 Å². The summed E-state index contributed by atoms with van der Waals surface area (Å²) < 4.78 is 17.0. The zero-order valence-corrected chi connectivity index (χ0v) is 52.8. The van der Waals surface area contributed by atoms with Gasteiger partial charge in [-0.15, -0.1) is 0 Å². The highest BCUT2D eigenvalue weighted by atomic mass is 16.6. The standard InChI is InChI=1S/C74H128O6/c1-4-7-10-13-16-19-22-25-28-30-32-34-36-37-39-40-42-44-46-49-52-55-58-61-64-67-73(76)79-70-71(69-78-72(75)66-63-60-57-54-51-48-27-24-21-18-15-12-9-6-3)80-74(77)68-65-62-59-56-53-50-47-45-43-41-38-35-33-31-29-26-23-20-17-14-11-8-5-2/h7,10,16,19,23,25-26,28,31-34,37-39,41,71H,4-6,8-9,11-15,17-18,20-22,24,27,29-30,35-36,40,42-70H2,1-3H3/b10-7-,19-16-,26-23-,28-25-,33-31-,34-32-,39-37-,41-38-. The summed E-state index contributed by atoms with van der Waals surface area (Å²) in [4.78, 5) is 38.4. The molecule has 0 aromatic rings. The summed E-state index contributed by atoms with van der Waals surface area (Å²) >= 11 is 0. The van der Waals surface area contributed by atoms with Gasteiger partial charge in [0.05, 0.1) is 0 Å². The van der Waals surface area contributed by atoms with Crippen molar-refractivity contribution in [1.82, 2.24) is 0 Å². The zero-order chi connectivity index (χ0) is 57.8. The summed E-state index contributed by atoms with van der Waals surface area (Å²) in [6.07, 6.45) is 91.3. The molecule has 0 aliphatic heterocycles. The number of rotatable bonds is 62. The molecule has 0 aliphatic carbocycles. The van der Waals surface area contributed by atoms with Gasteiger partial charge in [0, 0.05) is 19.3 Å². The number of carbonyl (C=O) groups excluding carboxylic acids is 3. The minimum atomic E-state index is -0.785. The van der Waals surface area contributed by atoms with E-state index in [0.717, 1.165) is 116 Å². The van der Waals surface area contributed by atoms with E-state index >= 15 is 0 Å². The van der Waals surface area contributed by atoms with Crippen LogP contribution in [0.3, 0.4) is 0 Å². The molecule has 6 nitrogen and oxygen atoms in total. The molecule has 0 bridgehead atoms. The minimum Gasteiger partial charge on any atom is -0.462 e. The van der Waals surface area contributed by atoms with Crippen molar-refractivity contribution in [2.24, 2.45) is 0 Å². The molecule has 0 amide bonds. The van der Waals surface area contributed by atoms with Gasteiger partial charge < -0.3 is 14.2 Å². The van der Waals surface area contributed by atoms with Gasteiger partial charge in [0.2, 0.25) is 0 Å². The summed E-state index contributed by atoms with van der Waals surface area (Å²) in [6.45, 7) is 6.54. The van der Waals surface area contributed by atoms with Gasteiger partial charge in [-0.2, -0.15) is 0 Å². The molecule has 0 rings (SSSR count). The Morgan fingerprint density at radius 2 is 0.487 bits per heavy atom. The Balaban J connectivity index is 4.35. The van der Waals surface area contributed by atoms with Crippen molar-refractivity contribution in [3.05, 3.63) is 97.2 Å². The number of allylic oxidation sites excluding steroid dienone is 16. The molecule has 460 valence electrons. The fourth-order valence-electron chi connectivity index (χ4n) is 9.71. The van der Waals surface area contributed by atoms with Crippen molar-refractivity contribution in [3.8, 4) is 0 Å². The smallest absolute Gasteiger partial charge is 0.306 e. The molecule has 0 saturated heterocycles. The lowest BCUT2D eigenvalue weighted by molar-refractivity contribution is -0.167. The molecule has 0 heterocycles. The molecule has 1 atom stereocenters. The highest BCUT2D eigenvalue weighted by Crippen LogP contribution is 2.17. The van der Waals surface area contributed by atoms with Crippen LogP contribution in [0, 0.1) is 0 Å². The van der Waals surface area contributed by atoms with Gasteiger partial charge in [-0.25, -0.2) is 0 Å². The van der Waals surface area contributed by atoms with Gasteiger partial charge in [-0.1, -0.05) is 311 Å². The Kier molecular flexibility index (Phi) is 64.7. The second kappa shape index (κ2) is 67.8. The van der Waals surface area contributed by atoms with E-state index < -0.39 is 6.10 Å². The number of hydrogen-bond donors (Lipinski definition) is 0. The lowest BCUT2D eigenvalue weighted by Gasteiger charge is -2.18. The first-order valence-corrected chi connectivity index (χ1v) is 34.2. The van der Waals surface area contributed by atoms with E-state index in [1.54, 1.807) is 0 Å². The maximum atomic E-state index is 12.9. The molecule has 0 aliphatic rings. The molecule has 0 fully saturated rings. The van der Waals surface area contributed by atoms with E-state index in [2.05, 4.69) is 118 Å². The van der Waals surface area contributed by atoms with Gasteiger partial charge in [-0.05, 0) is 103 Å². The van der Waals surface area contributed by atoms with Crippen LogP contribution in [-0.4, -0.2) is 37.2 Å². The van der Waals surface area contributed by atoms with Crippen molar-refractivity contribution < 1.29 is 28.6 Å². The topological polar surface area (TPSA) is 78.9 Å². The Morgan fingerprint density at radius 3 is 0.762 bits per heavy atom. The molecule has 1 unspecified atom stereocenters. The summed E-state index contributed by atoms with van der Waals surface area (Å²) in [6, 6.07) is 0. The molecule has 80 heavy (non-hydrogen) atoms. The predicted octanol–water partition coefficient (Wildman–Crippen LogP) is 23.6. The van der Waals surface area contributed by atoms with Gasteiger partial charge in [0.1, 0.15) is 13.2 Å². The number of esters is 3. The summed E-state index contributed by atoms with van der Waals surface area (Å²) in [7, 11) is 0. The SMILES string of the molecule is CC/C=C\C/C=C\C/C=C\C/C=C\C/C=C\CCCCCCCCCCCC(=O)OCC(COC(=O)CCCCCCCCCCCCCCCC)OC(=O)CCCCCCCCCC/C=C\C/C=C\C/C=C\CCCCCCC. The highest BCUT2D eigenvalue weighted by molar-refractivity contribution is 5.71. The third-order valence-electron chi connectivity index (χ3n) is 14.8. The molecule has 0 N–H and O–H groups in total. The fourth-order valence-corrected chi connectivity index (χ4v) is 9.71. The molecular formula is C74H128O6. The van der Waals surface area contributed by atoms with Crippen LogP contribution in [-0.2, 0) is 28.6 Å². The summed E-state index contributed by atoms with van der Waals surface area (Å²) in [5.41, 5.74) is 0. The number of ether oxygens (including phenoxy) is 3. The van der Waals surface area contributed by atoms with Crippen molar-refractivity contribution in [1.29, 1.82) is 0 Å². The quantitative estimate of drug-likeness (QED) is 0.0261. The number of unbranched alkanes of at least 4 members (excludes halogenated alkanes) is 35. The first kappa shape index (κ1) is 76.3. The molecular weight excluding hydrogens is 985 g/mol. The van der Waals surface area contributed by atoms with Crippen LogP contribution >= 0.6 is 0 Å². The Hall–Kier alpha value is -3.67. The Bertz CT molecular complexity index is 1560. The predicted molar refractivity (Wildman–Crippen MR) is 348 cm³/mol. The van der Waals surface area contributed by atoms with Gasteiger partial charge in [0.25, 0.3) is 0 Å². The van der Waals surface area contributed by atoms with E-state index in [4.69, 9.17) is 14.2 Å². The molecule has 0 aromatic carbocycles. The summed E-state index contributed by atoms with van der Waals surface area (Å²) in [5, 5.41) is 0. The van der Waals surface area contributed by atoms with E-state index in [1.165, 1.54) is 180 Å². The monoisotopic (exact) mass is 1110 g/mol. The van der Waals surface area contributed by atoms with Crippen LogP contribution in [0.4, 0.5) is 0 Å². The van der Waals surface area contributed by atoms with Crippen molar-refractivity contribution in [3.63, 3.8) is 0 Å². The maximum absolute atomic E-state index is 12.9. The largest absolute Gasteiger partial charge is 0.462 e.